The number of rotatable bonds is 3. The molecule has 1 atom stereocenters. The summed E-state index contributed by atoms with van der Waals surface area (Å²) in [5, 5.41) is 8.05. The van der Waals surface area contributed by atoms with Gasteiger partial charge in [0.25, 0.3) is 0 Å². The summed E-state index contributed by atoms with van der Waals surface area (Å²) in [7, 11) is 0. The van der Waals surface area contributed by atoms with Gasteiger partial charge in [0.1, 0.15) is 0 Å². The molecule has 90 valence electrons. The highest BCUT2D eigenvalue weighted by molar-refractivity contribution is 14.1. The summed E-state index contributed by atoms with van der Waals surface area (Å²) < 4.78 is 6.74. The van der Waals surface area contributed by atoms with Crippen LogP contribution in [0, 0.1) is 10.5 Å². The minimum Gasteiger partial charge on any atom is -0.419 e. The SMILES string of the molecule is CCC(N)c1nnc(-c2cccc(C)c2I)o1. The average molecular weight is 343 g/mol. The van der Waals surface area contributed by atoms with Crippen molar-refractivity contribution < 1.29 is 4.42 Å². The Balaban J connectivity index is 2.40. The van der Waals surface area contributed by atoms with Crippen molar-refractivity contribution in [1.29, 1.82) is 0 Å². The Morgan fingerprint density at radius 2 is 2.18 bits per heavy atom. The van der Waals surface area contributed by atoms with Crippen molar-refractivity contribution in [2.24, 2.45) is 5.73 Å². The maximum Gasteiger partial charge on any atom is 0.248 e. The molecule has 0 amide bonds. The van der Waals surface area contributed by atoms with E-state index in [9.17, 15) is 0 Å². The van der Waals surface area contributed by atoms with Gasteiger partial charge in [0, 0.05) is 3.57 Å². The van der Waals surface area contributed by atoms with E-state index in [-0.39, 0.29) is 6.04 Å². The summed E-state index contributed by atoms with van der Waals surface area (Å²) in [6.45, 7) is 4.05. The molecule has 1 heterocycles. The molecule has 0 saturated heterocycles. The Kier molecular flexibility index (Phi) is 3.78. The van der Waals surface area contributed by atoms with Crippen molar-refractivity contribution in [3.8, 4) is 11.5 Å². The molecule has 0 aliphatic rings. The number of hydrogen-bond donors (Lipinski definition) is 1. The summed E-state index contributed by atoms with van der Waals surface area (Å²) in [5.41, 5.74) is 8.02. The molecule has 0 aliphatic heterocycles. The van der Waals surface area contributed by atoms with Crippen molar-refractivity contribution in [2.45, 2.75) is 26.3 Å². The average Bonchev–Trinajstić information content (AvgIpc) is 2.81. The number of hydrogen-bond acceptors (Lipinski definition) is 4. The highest BCUT2D eigenvalue weighted by Crippen LogP contribution is 2.27. The van der Waals surface area contributed by atoms with Crippen molar-refractivity contribution in [3.05, 3.63) is 33.2 Å². The highest BCUT2D eigenvalue weighted by Gasteiger charge is 2.15. The molecule has 1 aromatic carbocycles. The zero-order valence-electron chi connectivity index (χ0n) is 9.77. The zero-order valence-corrected chi connectivity index (χ0v) is 11.9. The van der Waals surface area contributed by atoms with Crippen LogP contribution in [0.2, 0.25) is 0 Å². The maximum atomic E-state index is 5.86. The Hall–Kier alpha value is -0.950. The summed E-state index contributed by atoms with van der Waals surface area (Å²) in [6.07, 6.45) is 0.784. The van der Waals surface area contributed by atoms with Gasteiger partial charge in [-0.25, -0.2) is 0 Å². The number of benzene rings is 1. The van der Waals surface area contributed by atoms with Crippen LogP contribution in [-0.4, -0.2) is 10.2 Å². The molecule has 0 radical (unpaired) electrons. The molecule has 1 unspecified atom stereocenters. The molecule has 4 nitrogen and oxygen atoms in total. The van der Waals surface area contributed by atoms with Crippen LogP contribution in [0.15, 0.2) is 22.6 Å². The van der Waals surface area contributed by atoms with Gasteiger partial charge in [-0.15, -0.1) is 10.2 Å². The molecule has 2 rings (SSSR count). The Labute approximate surface area is 114 Å². The van der Waals surface area contributed by atoms with E-state index in [2.05, 4.69) is 45.8 Å². The maximum absolute atomic E-state index is 5.86. The van der Waals surface area contributed by atoms with Gasteiger partial charge < -0.3 is 10.2 Å². The molecule has 2 N–H and O–H groups in total. The van der Waals surface area contributed by atoms with Gasteiger partial charge in [-0.1, -0.05) is 19.1 Å². The minimum atomic E-state index is -0.182. The third-order valence-electron chi connectivity index (χ3n) is 2.62. The smallest absolute Gasteiger partial charge is 0.248 e. The number of aryl methyl sites for hydroxylation is 1. The third kappa shape index (κ3) is 2.50. The lowest BCUT2D eigenvalue weighted by Gasteiger charge is -2.03. The molecule has 0 spiro atoms. The van der Waals surface area contributed by atoms with E-state index in [1.165, 1.54) is 5.56 Å². The Morgan fingerprint density at radius 1 is 1.41 bits per heavy atom. The standard InChI is InChI=1S/C12H14IN3O/c1-3-9(14)12-16-15-11(17-12)8-6-4-5-7(2)10(8)13/h4-6,9H,3,14H2,1-2H3. The van der Waals surface area contributed by atoms with E-state index in [0.717, 1.165) is 15.6 Å². The largest absolute Gasteiger partial charge is 0.419 e. The summed E-state index contributed by atoms with van der Waals surface area (Å²) in [5.74, 6) is 1.04. The van der Waals surface area contributed by atoms with Crippen LogP contribution in [0.4, 0.5) is 0 Å². The number of aromatic nitrogens is 2. The summed E-state index contributed by atoms with van der Waals surface area (Å²) in [6, 6.07) is 5.83. The lowest BCUT2D eigenvalue weighted by molar-refractivity contribution is 0.452. The van der Waals surface area contributed by atoms with Crippen molar-refractivity contribution in [3.63, 3.8) is 0 Å². The van der Waals surface area contributed by atoms with Crippen LogP contribution >= 0.6 is 22.6 Å². The fourth-order valence-electron chi connectivity index (χ4n) is 1.48. The molecule has 0 fully saturated rings. The molecule has 0 aliphatic carbocycles. The summed E-state index contributed by atoms with van der Waals surface area (Å²) >= 11 is 2.29. The molecular formula is C12H14IN3O. The third-order valence-corrected chi connectivity index (χ3v) is 4.05. The molecule has 2 aromatic rings. The second kappa shape index (κ2) is 5.14. The predicted molar refractivity (Wildman–Crippen MR) is 74.4 cm³/mol. The van der Waals surface area contributed by atoms with E-state index < -0.39 is 0 Å². The van der Waals surface area contributed by atoms with Gasteiger partial charge in [0.2, 0.25) is 11.8 Å². The van der Waals surface area contributed by atoms with Crippen molar-refractivity contribution >= 4 is 22.6 Å². The van der Waals surface area contributed by atoms with E-state index in [1.807, 2.05) is 19.1 Å². The van der Waals surface area contributed by atoms with Crippen molar-refractivity contribution in [1.82, 2.24) is 10.2 Å². The minimum absolute atomic E-state index is 0.182. The van der Waals surface area contributed by atoms with Crippen LogP contribution < -0.4 is 5.73 Å². The van der Waals surface area contributed by atoms with E-state index in [1.54, 1.807) is 0 Å². The first kappa shape index (κ1) is 12.5. The molecule has 17 heavy (non-hydrogen) atoms. The molecular weight excluding hydrogens is 329 g/mol. The fraction of sp³-hybridized carbons (Fsp3) is 0.333. The second-order valence-corrected chi connectivity index (χ2v) is 4.98. The molecule has 5 heteroatoms. The van der Waals surface area contributed by atoms with Gasteiger partial charge in [-0.05, 0) is 47.6 Å². The molecule has 0 bridgehead atoms. The second-order valence-electron chi connectivity index (χ2n) is 3.90. The monoisotopic (exact) mass is 343 g/mol. The molecule has 1 aromatic heterocycles. The first-order valence-electron chi connectivity index (χ1n) is 5.48. The van der Waals surface area contributed by atoms with Gasteiger partial charge in [0.05, 0.1) is 11.6 Å². The highest BCUT2D eigenvalue weighted by atomic mass is 127. The van der Waals surface area contributed by atoms with Crippen LogP contribution in [0.3, 0.4) is 0 Å². The van der Waals surface area contributed by atoms with Gasteiger partial charge in [0.15, 0.2) is 0 Å². The predicted octanol–water partition coefficient (Wildman–Crippen LogP) is 3.06. The fourth-order valence-corrected chi connectivity index (χ4v) is 2.07. The lowest BCUT2D eigenvalue weighted by atomic mass is 10.1. The normalized spacial score (nSPS) is 12.7. The lowest BCUT2D eigenvalue weighted by Crippen LogP contribution is -2.08. The first-order chi connectivity index (χ1) is 8.13. The molecule has 0 saturated carbocycles. The first-order valence-corrected chi connectivity index (χ1v) is 6.55. The van der Waals surface area contributed by atoms with E-state index in [4.69, 9.17) is 10.2 Å². The number of halogens is 1. The number of nitrogens with two attached hydrogens (primary N) is 1. The van der Waals surface area contributed by atoms with Crippen molar-refractivity contribution in [2.75, 3.05) is 0 Å². The Bertz CT molecular complexity index is 524. The van der Waals surface area contributed by atoms with Crippen LogP contribution in [0.1, 0.15) is 30.8 Å². The van der Waals surface area contributed by atoms with Crippen LogP contribution in [-0.2, 0) is 0 Å². The summed E-state index contributed by atoms with van der Waals surface area (Å²) in [4.78, 5) is 0. The van der Waals surface area contributed by atoms with Crippen LogP contribution in [0.5, 0.6) is 0 Å². The zero-order chi connectivity index (χ0) is 12.4. The van der Waals surface area contributed by atoms with Gasteiger partial charge in [-0.3, -0.25) is 0 Å². The quantitative estimate of drug-likeness (QED) is 0.870. The number of nitrogens with zero attached hydrogens (tertiary/aromatic N) is 2. The van der Waals surface area contributed by atoms with Gasteiger partial charge >= 0.3 is 0 Å². The van der Waals surface area contributed by atoms with Gasteiger partial charge in [-0.2, -0.15) is 0 Å². The van der Waals surface area contributed by atoms with E-state index >= 15 is 0 Å². The van der Waals surface area contributed by atoms with Crippen LogP contribution in [0.25, 0.3) is 11.5 Å². The van der Waals surface area contributed by atoms with E-state index in [0.29, 0.717) is 11.8 Å². The Morgan fingerprint density at radius 3 is 2.88 bits per heavy atom. The topological polar surface area (TPSA) is 64.9 Å².